The molecule has 2 rings (SSSR count). The first-order valence-electron chi connectivity index (χ1n) is 7.45. The molecule has 1 saturated heterocycles. The molecule has 1 unspecified atom stereocenters. The van der Waals surface area contributed by atoms with Crippen LogP contribution in [-0.2, 0) is 9.53 Å². The number of nitrogens with zero attached hydrogens (tertiary/aromatic N) is 2. The molecule has 21 heavy (non-hydrogen) atoms. The molecule has 2 heterocycles. The highest BCUT2D eigenvalue weighted by Gasteiger charge is 2.23. The summed E-state index contributed by atoms with van der Waals surface area (Å²) in [5, 5.41) is 11.2. The summed E-state index contributed by atoms with van der Waals surface area (Å²) in [6.45, 7) is 7.21. The molecule has 0 saturated carbocycles. The summed E-state index contributed by atoms with van der Waals surface area (Å²) in [4.78, 5) is 17.7. The van der Waals surface area contributed by atoms with Crippen molar-refractivity contribution in [3.05, 3.63) is 22.4 Å². The number of carbonyl (C=O) groups excluding carboxylic acids is 1. The van der Waals surface area contributed by atoms with Crippen LogP contribution in [0.15, 0.2) is 17.5 Å². The molecule has 0 aliphatic carbocycles. The Bertz CT molecular complexity index is 419. The molecule has 1 aliphatic heterocycles. The number of thiophene rings is 1. The predicted octanol–water partition coefficient (Wildman–Crippen LogP) is 1.00. The van der Waals surface area contributed by atoms with Crippen LogP contribution in [-0.4, -0.2) is 73.4 Å². The number of aliphatic hydroxyl groups excluding tert-OH is 1. The van der Waals surface area contributed by atoms with Gasteiger partial charge in [-0.2, -0.15) is 0 Å². The van der Waals surface area contributed by atoms with E-state index in [0.29, 0.717) is 13.1 Å². The van der Waals surface area contributed by atoms with Gasteiger partial charge < -0.3 is 14.7 Å². The van der Waals surface area contributed by atoms with Gasteiger partial charge in [0.2, 0.25) is 5.91 Å². The van der Waals surface area contributed by atoms with Crippen molar-refractivity contribution in [2.45, 2.75) is 12.8 Å². The number of rotatable bonds is 7. The summed E-state index contributed by atoms with van der Waals surface area (Å²) < 4.78 is 5.33. The van der Waals surface area contributed by atoms with Crippen LogP contribution in [0.4, 0.5) is 0 Å². The van der Waals surface area contributed by atoms with E-state index in [2.05, 4.69) is 4.90 Å². The van der Waals surface area contributed by atoms with E-state index in [4.69, 9.17) is 4.74 Å². The maximum absolute atomic E-state index is 12.6. The minimum atomic E-state index is -0.138. The second-order valence-electron chi connectivity index (χ2n) is 5.24. The first-order valence-corrected chi connectivity index (χ1v) is 8.33. The van der Waals surface area contributed by atoms with E-state index >= 15 is 0 Å². The lowest BCUT2D eigenvalue weighted by Crippen LogP contribution is -2.44. The molecule has 1 aromatic heterocycles. The van der Waals surface area contributed by atoms with E-state index in [1.54, 1.807) is 16.2 Å². The van der Waals surface area contributed by atoms with Crippen molar-refractivity contribution < 1.29 is 14.6 Å². The molecule has 6 heteroatoms. The highest BCUT2D eigenvalue weighted by atomic mass is 32.1. The third-order valence-corrected chi connectivity index (χ3v) is 4.87. The molecule has 118 valence electrons. The van der Waals surface area contributed by atoms with Gasteiger partial charge in [0.1, 0.15) is 0 Å². The van der Waals surface area contributed by atoms with Crippen LogP contribution in [0.3, 0.4) is 0 Å². The minimum Gasteiger partial charge on any atom is -0.395 e. The average molecular weight is 312 g/mol. The molecule has 0 radical (unpaired) electrons. The number of ether oxygens (including phenoxy) is 1. The topological polar surface area (TPSA) is 53.0 Å². The summed E-state index contributed by atoms with van der Waals surface area (Å²) in [7, 11) is 0. The van der Waals surface area contributed by atoms with E-state index in [0.717, 1.165) is 37.7 Å². The number of hydrogen-bond donors (Lipinski definition) is 1. The van der Waals surface area contributed by atoms with Crippen LogP contribution in [0.25, 0.3) is 0 Å². The molecule has 1 aromatic rings. The highest BCUT2D eigenvalue weighted by Crippen LogP contribution is 2.22. The average Bonchev–Trinajstić information content (AvgIpc) is 3.05. The zero-order valence-electron chi connectivity index (χ0n) is 12.5. The molecular formula is C15H24N2O3S. The molecule has 1 aliphatic rings. The predicted molar refractivity (Wildman–Crippen MR) is 83.7 cm³/mol. The molecule has 0 aromatic carbocycles. The van der Waals surface area contributed by atoms with Gasteiger partial charge in [0.25, 0.3) is 0 Å². The van der Waals surface area contributed by atoms with Crippen molar-refractivity contribution >= 4 is 17.2 Å². The van der Waals surface area contributed by atoms with Crippen molar-refractivity contribution in [3.63, 3.8) is 0 Å². The van der Waals surface area contributed by atoms with Gasteiger partial charge in [-0.25, -0.2) is 0 Å². The summed E-state index contributed by atoms with van der Waals surface area (Å²) in [5.41, 5.74) is 0. The van der Waals surface area contributed by atoms with Crippen molar-refractivity contribution in [2.24, 2.45) is 0 Å². The Kier molecular flexibility index (Phi) is 6.63. The van der Waals surface area contributed by atoms with E-state index in [1.165, 1.54) is 0 Å². The monoisotopic (exact) mass is 312 g/mol. The van der Waals surface area contributed by atoms with Gasteiger partial charge >= 0.3 is 0 Å². The fourth-order valence-corrected chi connectivity index (χ4v) is 3.25. The zero-order chi connectivity index (χ0) is 15.1. The van der Waals surface area contributed by atoms with E-state index in [-0.39, 0.29) is 18.4 Å². The molecule has 1 N–H and O–H groups in total. The summed E-state index contributed by atoms with van der Waals surface area (Å²) >= 11 is 1.60. The Morgan fingerprint density at radius 1 is 1.48 bits per heavy atom. The van der Waals surface area contributed by atoms with Crippen LogP contribution in [0.5, 0.6) is 0 Å². The number of hydrogen-bond acceptors (Lipinski definition) is 5. The van der Waals surface area contributed by atoms with Crippen molar-refractivity contribution in [1.29, 1.82) is 0 Å². The first-order chi connectivity index (χ1) is 10.2. The van der Waals surface area contributed by atoms with E-state index in [1.807, 2.05) is 24.4 Å². The first kappa shape index (κ1) is 16.4. The van der Waals surface area contributed by atoms with Crippen LogP contribution < -0.4 is 0 Å². The van der Waals surface area contributed by atoms with E-state index in [9.17, 15) is 9.90 Å². The largest absolute Gasteiger partial charge is 0.395 e. The maximum atomic E-state index is 12.6. The maximum Gasteiger partial charge on any atom is 0.230 e. The Morgan fingerprint density at radius 2 is 2.24 bits per heavy atom. The second-order valence-corrected chi connectivity index (χ2v) is 6.22. The standard InChI is InChI=1S/C15H24N2O3S/c1-13(14-3-2-12-21-14)15(19)17(6-9-18)5-4-16-7-10-20-11-8-16/h2-3,12-13,18H,4-11H2,1H3. The fourth-order valence-electron chi connectivity index (χ4n) is 2.47. The number of aliphatic hydroxyl groups is 1. The van der Waals surface area contributed by atoms with Gasteiger partial charge in [0.05, 0.1) is 25.7 Å². The second kappa shape index (κ2) is 8.48. The van der Waals surface area contributed by atoms with Gasteiger partial charge in [-0.15, -0.1) is 11.3 Å². The molecule has 0 bridgehead atoms. The van der Waals surface area contributed by atoms with Gasteiger partial charge in [0.15, 0.2) is 0 Å². The lowest BCUT2D eigenvalue weighted by molar-refractivity contribution is -0.133. The molecule has 0 spiro atoms. The van der Waals surface area contributed by atoms with Crippen LogP contribution >= 0.6 is 11.3 Å². The van der Waals surface area contributed by atoms with Gasteiger partial charge in [0, 0.05) is 37.6 Å². The minimum absolute atomic E-state index is 0.00596. The van der Waals surface area contributed by atoms with Gasteiger partial charge in [-0.05, 0) is 18.4 Å². The number of morpholine rings is 1. The third kappa shape index (κ3) is 4.78. The quantitative estimate of drug-likeness (QED) is 0.816. The summed E-state index contributed by atoms with van der Waals surface area (Å²) in [5.74, 6) is -0.0407. The van der Waals surface area contributed by atoms with Crippen LogP contribution in [0.1, 0.15) is 17.7 Å². The third-order valence-electron chi connectivity index (χ3n) is 3.81. The summed E-state index contributed by atoms with van der Waals surface area (Å²) in [6, 6.07) is 3.96. The van der Waals surface area contributed by atoms with Gasteiger partial charge in [-0.3, -0.25) is 9.69 Å². The lowest BCUT2D eigenvalue weighted by atomic mass is 10.1. The molecule has 1 atom stereocenters. The van der Waals surface area contributed by atoms with Crippen molar-refractivity contribution in [3.8, 4) is 0 Å². The van der Waals surface area contributed by atoms with E-state index < -0.39 is 0 Å². The smallest absolute Gasteiger partial charge is 0.230 e. The Hall–Kier alpha value is -0.950. The molecular weight excluding hydrogens is 288 g/mol. The molecule has 1 fully saturated rings. The normalized spacial score (nSPS) is 17.6. The Labute approximate surface area is 130 Å². The summed E-state index contributed by atoms with van der Waals surface area (Å²) in [6.07, 6.45) is 0. The molecule has 5 nitrogen and oxygen atoms in total. The Balaban J connectivity index is 1.89. The number of carbonyl (C=O) groups is 1. The van der Waals surface area contributed by atoms with Crippen LogP contribution in [0.2, 0.25) is 0 Å². The molecule has 1 amide bonds. The SMILES string of the molecule is CC(C(=O)N(CCO)CCN1CCOCC1)c1cccs1. The lowest BCUT2D eigenvalue weighted by Gasteiger charge is -2.31. The number of amides is 1. The van der Waals surface area contributed by atoms with Crippen molar-refractivity contribution in [1.82, 2.24) is 9.80 Å². The van der Waals surface area contributed by atoms with Crippen LogP contribution in [0, 0.1) is 0 Å². The fraction of sp³-hybridized carbons (Fsp3) is 0.667. The van der Waals surface area contributed by atoms with Gasteiger partial charge in [-0.1, -0.05) is 6.07 Å². The zero-order valence-corrected chi connectivity index (χ0v) is 13.3. The van der Waals surface area contributed by atoms with Crippen molar-refractivity contribution in [2.75, 3.05) is 52.5 Å². The Morgan fingerprint density at radius 3 is 2.86 bits per heavy atom. The highest BCUT2D eigenvalue weighted by molar-refractivity contribution is 7.10.